The molecule has 1 aromatic rings. The zero-order valence-electron chi connectivity index (χ0n) is 11.3. The summed E-state index contributed by atoms with van der Waals surface area (Å²) >= 11 is 0. The van der Waals surface area contributed by atoms with Crippen LogP contribution in [0.15, 0.2) is 23.5 Å². The molecule has 2 aliphatic rings. The quantitative estimate of drug-likeness (QED) is 0.567. The van der Waals surface area contributed by atoms with E-state index < -0.39 is 6.10 Å². The van der Waals surface area contributed by atoms with Crippen molar-refractivity contribution in [1.82, 2.24) is 14.9 Å². The summed E-state index contributed by atoms with van der Waals surface area (Å²) < 4.78 is 1.89. The molecule has 108 valence electrons. The van der Waals surface area contributed by atoms with Gasteiger partial charge in [0.2, 0.25) is 0 Å². The van der Waals surface area contributed by atoms with Gasteiger partial charge >= 0.3 is 0 Å². The average Bonchev–Trinajstić information content (AvgIpc) is 2.91. The first-order valence-corrected chi connectivity index (χ1v) is 6.68. The van der Waals surface area contributed by atoms with Gasteiger partial charge in [-0.1, -0.05) is 6.58 Å². The van der Waals surface area contributed by atoms with Crippen LogP contribution in [0.3, 0.4) is 0 Å². The number of aliphatic hydroxyl groups is 2. The molecule has 7 heteroatoms. The van der Waals surface area contributed by atoms with Gasteiger partial charge in [0.05, 0.1) is 31.1 Å². The maximum Gasteiger partial charge on any atom is 0.195 e. The van der Waals surface area contributed by atoms with Gasteiger partial charge in [0.1, 0.15) is 5.69 Å². The van der Waals surface area contributed by atoms with E-state index in [1.165, 1.54) is 0 Å². The van der Waals surface area contributed by atoms with Gasteiger partial charge in [-0.25, -0.2) is 4.98 Å². The maximum absolute atomic E-state index is 10.0. The molecule has 2 heterocycles. The number of aliphatic imine (C=N–C) groups is 1. The molecule has 5 N–H and O–H groups in total. The SMILES string of the molecule is C=C1[C@H](CO)[C@@H](O)C[C@@H]1n1cnc2c1N=C(N)NC2C. The van der Waals surface area contributed by atoms with Crippen LogP contribution in [-0.2, 0) is 0 Å². The Labute approximate surface area is 116 Å². The van der Waals surface area contributed by atoms with E-state index in [9.17, 15) is 10.2 Å². The van der Waals surface area contributed by atoms with E-state index in [2.05, 4.69) is 21.9 Å². The average molecular weight is 277 g/mol. The summed E-state index contributed by atoms with van der Waals surface area (Å²) in [7, 11) is 0. The van der Waals surface area contributed by atoms with Gasteiger partial charge < -0.3 is 25.8 Å². The predicted molar refractivity (Wildman–Crippen MR) is 74.4 cm³/mol. The number of aromatic nitrogens is 2. The van der Waals surface area contributed by atoms with Crippen molar-refractivity contribution >= 4 is 11.8 Å². The Morgan fingerprint density at radius 3 is 3.00 bits per heavy atom. The first kappa shape index (κ1) is 13.1. The van der Waals surface area contributed by atoms with E-state index in [4.69, 9.17) is 5.73 Å². The van der Waals surface area contributed by atoms with Crippen molar-refractivity contribution in [2.45, 2.75) is 31.5 Å². The molecular formula is C13H19N5O2. The minimum absolute atomic E-state index is 0.00280. The molecule has 20 heavy (non-hydrogen) atoms. The largest absolute Gasteiger partial charge is 0.396 e. The molecule has 0 radical (unpaired) electrons. The fraction of sp³-hybridized carbons (Fsp3) is 0.538. The molecule has 1 aliphatic carbocycles. The second-order valence-corrected chi connectivity index (χ2v) is 5.41. The first-order valence-electron chi connectivity index (χ1n) is 6.68. The normalized spacial score (nSPS) is 32.8. The van der Waals surface area contributed by atoms with Crippen LogP contribution in [0.4, 0.5) is 5.82 Å². The lowest BCUT2D eigenvalue weighted by Crippen LogP contribution is -2.36. The van der Waals surface area contributed by atoms with Crippen LogP contribution in [0.25, 0.3) is 0 Å². The van der Waals surface area contributed by atoms with Gasteiger partial charge in [-0.3, -0.25) is 0 Å². The Morgan fingerprint density at radius 1 is 1.60 bits per heavy atom. The lowest BCUT2D eigenvalue weighted by atomic mass is 10.0. The maximum atomic E-state index is 10.0. The number of nitrogens with one attached hydrogen (secondary N) is 1. The molecule has 0 bridgehead atoms. The molecule has 1 aromatic heterocycles. The Morgan fingerprint density at radius 2 is 2.35 bits per heavy atom. The number of rotatable bonds is 2. The highest BCUT2D eigenvalue weighted by molar-refractivity contribution is 5.83. The molecule has 0 aromatic carbocycles. The number of imidazole rings is 1. The minimum Gasteiger partial charge on any atom is -0.396 e. The van der Waals surface area contributed by atoms with Crippen molar-refractivity contribution in [1.29, 1.82) is 0 Å². The third-order valence-electron chi connectivity index (χ3n) is 4.16. The van der Waals surface area contributed by atoms with Crippen molar-refractivity contribution in [3.63, 3.8) is 0 Å². The summed E-state index contributed by atoms with van der Waals surface area (Å²) in [6.45, 7) is 5.88. The third-order valence-corrected chi connectivity index (χ3v) is 4.16. The molecule has 1 unspecified atom stereocenters. The van der Waals surface area contributed by atoms with Gasteiger partial charge in [-0.05, 0) is 18.9 Å². The highest BCUT2D eigenvalue weighted by Crippen LogP contribution is 2.42. The summed E-state index contributed by atoms with van der Waals surface area (Å²) in [5, 5.41) is 22.4. The minimum atomic E-state index is -0.587. The van der Waals surface area contributed by atoms with Gasteiger partial charge in [0, 0.05) is 5.92 Å². The first-order chi connectivity index (χ1) is 9.52. The topological polar surface area (TPSA) is 109 Å². The standard InChI is InChI=1S/C13H19N5O2/c1-6-8(4-19)10(20)3-9(6)18-5-15-11-7(2)16-13(14)17-12(11)18/h5,7-10,19-20H,1,3-4H2,2H3,(H3,14,16,17)/t7?,8-,9-,10-/m0/s1. The molecular weight excluding hydrogens is 258 g/mol. The Kier molecular flexibility index (Phi) is 3.02. The molecule has 1 fully saturated rings. The van der Waals surface area contributed by atoms with Crippen LogP contribution in [0, 0.1) is 5.92 Å². The monoisotopic (exact) mass is 277 g/mol. The summed E-state index contributed by atoms with van der Waals surface area (Å²) in [5.74, 6) is 0.763. The Bertz CT molecular complexity index is 579. The Balaban J connectivity index is 2.00. The summed E-state index contributed by atoms with van der Waals surface area (Å²) in [5.41, 5.74) is 7.40. The van der Waals surface area contributed by atoms with E-state index >= 15 is 0 Å². The summed E-state index contributed by atoms with van der Waals surface area (Å²) in [6, 6.07) is -0.114. The fourth-order valence-electron chi connectivity index (χ4n) is 3.02. The van der Waals surface area contributed by atoms with Gasteiger partial charge in [-0.15, -0.1) is 0 Å². The summed E-state index contributed by atoms with van der Waals surface area (Å²) in [4.78, 5) is 8.69. The predicted octanol–water partition coefficient (Wildman–Crippen LogP) is -0.0361. The second-order valence-electron chi connectivity index (χ2n) is 5.41. The van der Waals surface area contributed by atoms with E-state index in [0.29, 0.717) is 18.2 Å². The van der Waals surface area contributed by atoms with Crippen LogP contribution < -0.4 is 11.1 Å². The van der Waals surface area contributed by atoms with E-state index in [-0.39, 0.29) is 24.6 Å². The van der Waals surface area contributed by atoms with E-state index in [1.54, 1.807) is 6.33 Å². The molecule has 3 rings (SSSR count). The lowest BCUT2D eigenvalue weighted by molar-refractivity contribution is 0.101. The Hall–Kier alpha value is -1.86. The van der Waals surface area contributed by atoms with Crippen LogP contribution in [0.5, 0.6) is 0 Å². The van der Waals surface area contributed by atoms with Gasteiger partial charge in [0.25, 0.3) is 0 Å². The smallest absolute Gasteiger partial charge is 0.195 e. The molecule has 1 saturated carbocycles. The highest BCUT2D eigenvalue weighted by atomic mass is 16.3. The van der Waals surface area contributed by atoms with Crippen molar-refractivity contribution in [3.8, 4) is 0 Å². The fourth-order valence-corrected chi connectivity index (χ4v) is 3.02. The number of hydrogen-bond acceptors (Lipinski definition) is 6. The molecule has 7 nitrogen and oxygen atoms in total. The van der Waals surface area contributed by atoms with Crippen LogP contribution >= 0.6 is 0 Å². The molecule has 0 saturated heterocycles. The van der Waals surface area contributed by atoms with Gasteiger partial charge in [0.15, 0.2) is 11.8 Å². The second kappa shape index (κ2) is 4.60. The van der Waals surface area contributed by atoms with Crippen LogP contribution in [0.2, 0.25) is 0 Å². The molecule has 0 spiro atoms. The molecule has 4 atom stereocenters. The van der Waals surface area contributed by atoms with Gasteiger partial charge in [-0.2, -0.15) is 4.99 Å². The zero-order valence-corrected chi connectivity index (χ0v) is 11.3. The molecule has 1 aliphatic heterocycles. The van der Waals surface area contributed by atoms with Crippen molar-refractivity contribution in [2.24, 2.45) is 16.6 Å². The lowest BCUT2D eigenvalue weighted by Gasteiger charge is -2.21. The zero-order chi connectivity index (χ0) is 14.4. The summed E-state index contributed by atoms with van der Waals surface area (Å²) in [6.07, 6.45) is 1.62. The van der Waals surface area contributed by atoms with Crippen molar-refractivity contribution < 1.29 is 10.2 Å². The number of nitrogens with zero attached hydrogens (tertiary/aromatic N) is 3. The van der Waals surface area contributed by atoms with E-state index in [0.717, 1.165) is 11.3 Å². The number of guanidine groups is 1. The number of nitrogens with two attached hydrogens (primary N) is 1. The van der Waals surface area contributed by atoms with Crippen molar-refractivity contribution in [2.75, 3.05) is 6.61 Å². The number of hydrogen-bond donors (Lipinski definition) is 4. The number of aliphatic hydroxyl groups excluding tert-OH is 2. The van der Waals surface area contributed by atoms with Crippen LogP contribution in [0.1, 0.15) is 31.1 Å². The molecule has 0 amide bonds. The van der Waals surface area contributed by atoms with Crippen LogP contribution in [-0.4, -0.2) is 38.4 Å². The third kappa shape index (κ3) is 1.82. The number of fused-ring (bicyclic) bond motifs is 1. The highest BCUT2D eigenvalue weighted by Gasteiger charge is 2.38. The van der Waals surface area contributed by atoms with E-state index in [1.807, 2.05) is 11.5 Å². The van der Waals surface area contributed by atoms with Crippen molar-refractivity contribution in [3.05, 3.63) is 24.2 Å².